The molecule has 2 atom stereocenters. The Morgan fingerprint density at radius 2 is 1.69 bits per heavy atom. The molecule has 16 heavy (non-hydrogen) atoms. The molecule has 0 aromatic rings. The Bertz CT molecular complexity index is 224. The topological polar surface area (TPSA) is 12.5 Å². The second kappa shape index (κ2) is 4.66. The average Bonchev–Trinajstić information content (AvgIpc) is 2.45. The maximum Gasteiger partial charge on any atom is 0.0709 e. The summed E-state index contributed by atoms with van der Waals surface area (Å²) in [7, 11) is 0. The van der Waals surface area contributed by atoms with E-state index in [9.17, 15) is 0 Å². The molecule has 2 nitrogen and oxygen atoms in total. The van der Waals surface area contributed by atoms with Gasteiger partial charge in [0, 0.05) is 11.6 Å². The molecule has 0 unspecified atom stereocenters. The Labute approximate surface area is 101 Å². The normalized spacial score (nSPS) is 26.1. The van der Waals surface area contributed by atoms with E-state index >= 15 is 0 Å². The van der Waals surface area contributed by atoms with Crippen molar-refractivity contribution >= 4 is 0 Å². The zero-order valence-electron chi connectivity index (χ0n) is 12.1. The highest BCUT2D eigenvalue weighted by atomic mass is 16.5. The van der Waals surface area contributed by atoms with Crippen LogP contribution in [-0.4, -0.2) is 34.7 Å². The quantitative estimate of drug-likeness (QED) is 0.716. The van der Waals surface area contributed by atoms with Crippen LogP contribution in [0.5, 0.6) is 0 Å². The molecule has 96 valence electrons. The fraction of sp³-hybridized carbons (Fsp3) is 1.00. The van der Waals surface area contributed by atoms with Crippen LogP contribution < -0.4 is 0 Å². The van der Waals surface area contributed by atoms with Crippen molar-refractivity contribution in [1.82, 2.24) is 4.90 Å². The maximum absolute atomic E-state index is 6.11. The van der Waals surface area contributed by atoms with E-state index in [1.807, 2.05) is 0 Å². The summed E-state index contributed by atoms with van der Waals surface area (Å²) in [4.78, 5) is 2.60. The number of rotatable bonds is 2. The van der Waals surface area contributed by atoms with E-state index in [1.54, 1.807) is 0 Å². The molecule has 0 N–H and O–H groups in total. The molecule has 0 bridgehead atoms. The molecular weight excluding hydrogens is 198 g/mol. The number of nitrogens with zero attached hydrogens (tertiary/aromatic N) is 1. The fourth-order valence-electron chi connectivity index (χ4n) is 2.75. The summed E-state index contributed by atoms with van der Waals surface area (Å²) in [5.41, 5.74) is 0.224. The second-order valence-corrected chi connectivity index (χ2v) is 7.01. The zero-order valence-corrected chi connectivity index (χ0v) is 12.1. The monoisotopic (exact) mass is 227 g/mol. The molecule has 0 amide bonds. The van der Waals surface area contributed by atoms with Gasteiger partial charge >= 0.3 is 0 Å². The first kappa shape index (κ1) is 14.0. The van der Waals surface area contributed by atoms with Gasteiger partial charge < -0.3 is 4.74 Å². The van der Waals surface area contributed by atoms with Crippen molar-refractivity contribution < 1.29 is 4.74 Å². The summed E-state index contributed by atoms with van der Waals surface area (Å²) in [6, 6.07) is 0.583. The van der Waals surface area contributed by atoms with Crippen LogP contribution in [0.2, 0.25) is 0 Å². The van der Waals surface area contributed by atoms with Crippen molar-refractivity contribution in [3.63, 3.8) is 0 Å². The molecule has 0 aromatic heterocycles. The van der Waals surface area contributed by atoms with Crippen molar-refractivity contribution in [1.29, 1.82) is 0 Å². The third-order valence-corrected chi connectivity index (χ3v) is 3.24. The van der Waals surface area contributed by atoms with E-state index in [0.29, 0.717) is 12.1 Å². The number of hydrogen-bond acceptors (Lipinski definition) is 2. The predicted molar refractivity (Wildman–Crippen MR) is 69.8 cm³/mol. The van der Waals surface area contributed by atoms with Crippen LogP contribution in [0.1, 0.15) is 61.3 Å². The Morgan fingerprint density at radius 3 is 2.12 bits per heavy atom. The van der Waals surface area contributed by atoms with Gasteiger partial charge in [-0.05, 0) is 67.9 Å². The van der Waals surface area contributed by atoms with E-state index in [-0.39, 0.29) is 11.1 Å². The van der Waals surface area contributed by atoms with Crippen LogP contribution in [0.15, 0.2) is 0 Å². The van der Waals surface area contributed by atoms with Gasteiger partial charge in [-0.2, -0.15) is 0 Å². The van der Waals surface area contributed by atoms with Gasteiger partial charge in [-0.25, -0.2) is 0 Å². The van der Waals surface area contributed by atoms with Crippen LogP contribution in [0.4, 0.5) is 0 Å². The Hall–Kier alpha value is -0.0800. The van der Waals surface area contributed by atoms with Crippen LogP contribution >= 0.6 is 0 Å². The number of ether oxygens (including phenoxy) is 1. The predicted octanol–water partition coefficient (Wildman–Crippen LogP) is 3.45. The highest BCUT2D eigenvalue weighted by Gasteiger charge is 2.37. The second-order valence-electron chi connectivity index (χ2n) is 7.01. The van der Waals surface area contributed by atoms with E-state index in [0.717, 1.165) is 0 Å². The largest absolute Gasteiger partial charge is 0.371 e. The highest BCUT2D eigenvalue weighted by molar-refractivity contribution is 4.91. The van der Waals surface area contributed by atoms with Gasteiger partial charge in [0.25, 0.3) is 0 Å². The van der Waals surface area contributed by atoms with E-state index in [1.165, 1.54) is 19.4 Å². The molecular formula is C14H29NO. The molecule has 1 rings (SSSR count). The Kier molecular flexibility index (Phi) is 4.07. The lowest BCUT2D eigenvalue weighted by Gasteiger charge is -2.41. The molecule has 0 aliphatic carbocycles. The van der Waals surface area contributed by atoms with Gasteiger partial charge in [0.2, 0.25) is 0 Å². The lowest BCUT2D eigenvalue weighted by Crippen LogP contribution is -2.50. The van der Waals surface area contributed by atoms with E-state index in [2.05, 4.69) is 53.4 Å². The van der Waals surface area contributed by atoms with Gasteiger partial charge in [0.1, 0.15) is 0 Å². The Morgan fingerprint density at radius 1 is 1.12 bits per heavy atom. The maximum atomic E-state index is 6.11. The van der Waals surface area contributed by atoms with Gasteiger partial charge in [-0.1, -0.05) is 0 Å². The average molecular weight is 227 g/mol. The van der Waals surface area contributed by atoms with Crippen LogP contribution in [0, 0.1) is 0 Å². The molecule has 1 aliphatic rings. The summed E-state index contributed by atoms with van der Waals surface area (Å²) in [5.74, 6) is 0. The molecule has 1 fully saturated rings. The molecule has 0 spiro atoms. The molecule has 0 aromatic carbocycles. The lowest BCUT2D eigenvalue weighted by atomic mass is 10.0. The fourth-order valence-corrected chi connectivity index (χ4v) is 2.75. The first-order valence-electron chi connectivity index (χ1n) is 6.56. The van der Waals surface area contributed by atoms with Gasteiger partial charge in [-0.15, -0.1) is 0 Å². The van der Waals surface area contributed by atoms with Gasteiger partial charge in [0.05, 0.1) is 11.7 Å². The molecule has 1 heterocycles. The molecule has 1 saturated heterocycles. The summed E-state index contributed by atoms with van der Waals surface area (Å²) in [6.45, 7) is 16.8. The van der Waals surface area contributed by atoms with Gasteiger partial charge in [-0.3, -0.25) is 4.90 Å². The summed E-state index contributed by atoms with van der Waals surface area (Å²) >= 11 is 0. The summed E-state index contributed by atoms with van der Waals surface area (Å²) in [5, 5.41) is 0. The zero-order chi connectivity index (χ0) is 12.6. The summed E-state index contributed by atoms with van der Waals surface area (Å²) < 4.78 is 6.11. The molecule has 0 radical (unpaired) electrons. The number of likely N-dealkylation sites (tertiary alicyclic amines) is 1. The van der Waals surface area contributed by atoms with Crippen LogP contribution in [0.25, 0.3) is 0 Å². The lowest BCUT2D eigenvalue weighted by molar-refractivity contribution is -0.0909. The van der Waals surface area contributed by atoms with E-state index < -0.39 is 0 Å². The first-order chi connectivity index (χ1) is 7.11. The Balaban J connectivity index is 2.65. The molecule has 1 aliphatic heterocycles. The van der Waals surface area contributed by atoms with Crippen molar-refractivity contribution in [3.05, 3.63) is 0 Å². The third-order valence-electron chi connectivity index (χ3n) is 3.24. The SMILES string of the molecule is C[C@H](OC(C)(C)C)[C@H]1CCCN1C(C)(C)C. The molecule has 2 heteroatoms. The molecule has 0 saturated carbocycles. The van der Waals surface area contributed by atoms with E-state index in [4.69, 9.17) is 4.74 Å². The first-order valence-corrected chi connectivity index (χ1v) is 6.56. The van der Waals surface area contributed by atoms with Crippen molar-refractivity contribution in [2.45, 2.75) is 84.6 Å². The van der Waals surface area contributed by atoms with Gasteiger partial charge in [0.15, 0.2) is 0 Å². The smallest absolute Gasteiger partial charge is 0.0709 e. The minimum atomic E-state index is -0.0361. The minimum absolute atomic E-state index is 0.0361. The summed E-state index contributed by atoms with van der Waals surface area (Å²) in [6.07, 6.45) is 2.90. The van der Waals surface area contributed by atoms with Crippen molar-refractivity contribution in [3.8, 4) is 0 Å². The third kappa shape index (κ3) is 3.74. The standard InChI is InChI=1S/C14H29NO/c1-11(16-14(5,6)7)12-9-8-10-15(12)13(2,3)4/h11-12H,8-10H2,1-7H3/t11-,12+/m0/s1. The minimum Gasteiger partial charge on any atom is -0.371 e. The van der Waals surface area contributed by atoms with Crippen molar-refractivity contribution in [2.24, 2.45) is 0 Å². The number of hydrogen-bond donors (Lipinski definition) is 0. The van der Waals surface area contributed by atoms with Crippen LogP contribution in [-0.2, 0) is 4.74 Å². The van der Waals surface area contributed by atoms with Crippen molar-refractivity contribution in [2.75, 3.05) is 6.54 Å². The van der Waals surface area contributed by atoms with Crippen LogP contribution in [0.3, 0.4) is 0 Å². The highest BCUT2D eigenvalue weighted by Crippen LogP contribution is 2.30.